The van der Waals surface area contributed by atoms with E-state index in [-0.39, 0.29) is 11.8 Å². The van der Waals surface area contributed by atoms with Gasteiger partial charge in [-0.3, -0.25) is 4.79 Å². The number of amides is 1. The standard InChI is InChI=1S/C21H25N5O2S/c1-13-11-17(25-14(2)24-13)26-9-6-15(12-26)18-16-5-4-7-23-21(16)29-19(18)20(27)22-8-10-28-3/h4-5,7,11,15H,6,8-10,12H2,1-3H3,(H,22,27)/t15-/m0/s1. The molecular weight excluding hydrogens is 386 g/mol. The fourth-order valence-corrected chi connectivity index (χ4v) is 5.08. The Morgan fingerprint density at radius 2 is 2.24 bits per heavy atom. The number of ether oxygens (including phenoxy) is 1. The molecule has 3 aromatic heterocycles. The third-order valence-corrected chi connectivity index (χ3v) is 6.30. The van der Waals surface area contributed by atoms with Gasteiger partial charge in [-0.1, -0.05) is 6.07 Å². The molecule has 1 aliphatic rings. The zero-order valence-corrected chi connectivity index (χ0v) is 17.8. The number of methoxy groups -OCH3 is 1. The molecule has 1 saturated heterocycles. The Morgan fingerprint density at radius 1 is 1.38 bits per heavy atom. The fraction of sp³-hybridized carbons (Fsp3) is 0.429. The maximum absolute atomic E-state index is 12.9. The van der Waals surface area contributed by atoms with Gasteiger partial charge in [0.1, 0.15) is 16.5 Å². The summed E-state index contributed by atoms with van der Waals surface area (Å²) >= 11 is 1.47. The number of nitrogens with zero attached hydrogens (tertiary/aromatic N) is 4. The minimum atomic E-state index is -0.0489. The molecule has 0 saturated carbocycles. The van der Waals surface area contributed by atoms with Gasteiger partial charge in [-0.2, -0.15) is 0 Å². The van der Waals surface area contributed by atoms with Crippen LogP contribution in [0.4, 0.5) is 5.82 Å². The summed E-state index contributed by atoms with van der Waals surface area (Å²) < 4.78 is 5.06. The topological polar surface area (TPSA) is 80.2 Å². The van der Waals surface area contributed by atoms with Gasteiger partial charge in [-0.15, -0.1) is 11.3 Å². The van der Waals surface area contributed by atoms with Crippen LogP contribution in [0.15, 0.2) is 24.4 Å². The van der Waals surface area contributed by atoms with Crippen molar-refractivity contribution in [2.75, 3.05) is 38.3 Å². The highest BCUT2D eigenvalue weighted by Gasteiger charge is 2.31. The van der Waals surface area contributed by atoms with Gasteiger partial charge >= 0.3 is 0 Å². The molecule has 1 aliphatic heterocycles. The number of fused-ring (bicyclic) bond motifs is 1. The second-order valence-corrected chi connectivity index (χ2v) is 8.30. The summed E-state index contributed by atoms with van der Waals surface area (Å²) in [6.45, 7) is 6.63. The number of thiophene rings is 1. The quantitative estimate of drug-likeness (QED) is 0.628. The molecule has 0 radical (unpaired) electrons. The van der Waals surface area contributed by atoms with Crippen molar-refractivity contribution in [1.82, 2.24) is 20.3 Å². The van der Waals surface area contributed by atoms with Crippen LogP contribution >= 0.6 is 11.3 Å². The molecule has 0 spiro atoms. The van der Waals surface area contributed by atoms with Crippen molar-refractivity contribution in [2.45, 2.75) is 26.2 Å². The van der Waals surface area contributed by atoms with Crippen LogP contribution in [0.25, 0.3) is 10.2 Å². The zero-order chi connectivity index (χ0) is 20.4. The molecule has 3 aromatic rings. The highest BCUT2D eigenvalue weighted by atomic mass is 32.1. The molecule has 0 bridgehead atoms. The second-order valence-electron chi connectivity index (χ2n) is 7.30. The van der Waals surface area contributed by atoms with E-state index in [0.29, 0.717) is 13.2 Å². The van der Waals surface area contributed by atoms with Gasteiger partial charge in [-0.25, -0.2) is 15.0 Å². The van der Waals surface area contributed by atoms with Crippen molar-refractivity contribution in [1.29, 1.82) is 0 Å². The SMILES string of the molecule is COCCNC(=O)c1sc2ncccc2c1[C@H]1CCN(c2cc(C)nc(C)n2)C1. The van der Waals surface area contributed by atoms with Crippen molar-refractivity contribution in [3.8, 4) is 0 Å². The Morgan fingerprint density at radius 3 is 3.03 bits per heavy atom. The van der Waals surface area contributed by atoms with Crippen molar-refractivity contribution >= 4 is 33.3 Å². The molecule has 7 nitrogen and oxygen atoms in total. The molecule has 29 heavy (non-hydrogen) atoms. The number of rotatable bonds is 6. The Bertz CT molecular complexity index is 1010. The molecule has 1 N–H and O–H groups in total. The van der Waals surface area contributed by atoms with Gasteiger partial charge in [0.15, 0.2) is 0 Å². The fourth-order valence-electron chi connectivity index (χ4n) is 3.94. The van der Waals surface area contributed by atoms with Crippen LogP contribution in [0.5, 0.6) is 0 Å². The predicted molar refractivity (Wildman–Crippen MR) is 115 cm³/mol. The highest BCUT2D eigenvalue weighted by Crippen LogP contribution is 2.40. The number of hydrogen-bond donors (Lipinski definition) is 1. The predicted octanol–water partition coefficient (Wildman–Crippen LogP) is 3.07. The number of pyridine rings is 1. The number of nitrogens with one attached hydrogen (secondary N) is 1. The maximum Gasteiger partial charge on any atom is 0.261 e. The summed E-state index contributed by atoms with van der Waals surface area (Å²) in [6.07, 6.45) is 2.75. The molecule has 1 atom stereocenters. The lowest BCUT2D eigenvalue weighted by molar-refractivity contribution is 0.0940. The van der Waals surface area contributed by atoms with E-state index in [9.17, 15) is 4.79 Å². The number of hydrogen-bond acceptors (Lipinski definition) is 7. The van der Waals surface area contributed by atoms with E-state index in [4.69, 9.17) is 4.74 Å². The van der Waals surface area contributed by atoms with Crippen LogP contribution in [0.3, 0.4) is 0 Å². The first-order valence-electron chi connectivity index (χ1n) is 9.78. The van der Waals surface area contributed by atoms with E-state index < -0.39 is 0 Å². The summed E-state index contributed by atoms with van der Waals surface area (Å²) in [5, 5.41) is 4.05. The van der Waals surface area contributed by atoms with Gasteiger partial charge in [0.05, 0.1) is 11.5 Å². The van der Waals surface area contributed by atoms with Crippen LogP contribution in [0.1, 0.15) is 39.1 Å². The van der Waals surface area contributed by atoms with Crippen LogP contribution in [-0.4, -0.2) is 54.2 Å². The first-order chi connectivity index (χ1) is 14.1. The Kier molecular flexibility index (Phi) is 5.73. The molecule has 0 unspecified atom stereocenters. The molecule has 1 fully saturated rings. The number of aromatic nitrogens is 3. The molecule has 0 aliphatic carbocycles. The number of anilines is 1. The Hall–Kier alpha value is -2.58. The maximum atomic E-state index is 12.9. The van der Waals surface area contributed by atoms with Gasteiger partial charge < -0.3 is 15.0 Å². The van der Waals surface area contributed by atoms with Crippen LogP contribution in [0, 0.1) is 13.8 Å². The zero-order valence-electron chi connectivity index (χ0n) is 16.9. The molecular formula is C21H25N5O2S. The van der Waals surface area contributed by atoms with E-state index in [1.165, 1.54) is 11.3 Å². The number of carbonyl (C=O) groups is 1. The van der Waals surface area contributed by atoms with Gasteiger partial charge in [0.25, 0.3) is 5.91 Å². The van der Waals surface area contributed by atoms with E-state index >= 15 is 0 Å². The van der Waals surface area contributed by atoms with Crippen molar-refractivity contribution < 1.29 is 9.53 Å². The first kappa shape index (κ1) is 19.7. The molecule has 1 amide bonds. The third-order valence-electron chi connectivity index (χ3n) is 5.18. The average Bonchev–Trinajstić information content (AvgIpc) is 3.32. The Balaban J connectivity index is 1.64. The van der Waals surface area contributed by atoms with E-state index in [0.717, 1.165) is 57.5 Å². The normalized spacial score (nSPS) is 16.5. The molecule has 0 aromatic carbocycles. The van der Waals surface area contributed by atoms with Gasteiger partial charge in [-0.05, 0) is 31.9 Å². The number of aryl methyl sites for hydroxylation is 2. The van der Waals surface area contributed by atoms with Crippen molar-refractivity contribution in [2.24, 2.45) is 0 Å². The minimum absolute atomic E-state index is 0.0489. The van der Waals surface area contributed by atoms with E-state index in [2.05, 4.69) is 31.2 Å². The summed E-state index contributed by atoms with van der Waals surface area (Å²) in [4.78, 5) is 30.3. The smallest absolute Gasteiger partial charge is 0.261 e. The second kappa shape index (κ2) is 8.42. The minimum Gasteiger partial charge on any atom is -0.383 e. The molecule has 152 valence electrons. The van der Waals surface area contributed by atoms with Gasteiger partial charge in [0.2, 0.25) is 0 Å². The largest absolute Gasteiger partial charge is 0.383 e. The lowest BCUT2D eigenvalue weighted by atomic mass is 9.95. The third kappa shape index (κ3) is 4.09. The monoisotopic (exact) mass is 411 g/mol. The molecule has 8 heteroatoms. The summed E-state index contributed by atoms with van der Waals surface area (Å²) in [5.41, 5.74) is 2.08. The number of carbonyl (C=O) groups excluding carboxylic acids is 1. The summed E-state index contributed by atoms with van der Waals surface area (Å²) in [7, 11) is 1.63. The first-order valence-corrected chi connectivity index (χ1v) is 10.6. The van der Waals surface area contributed by atoms with Gasteiger partial charge in [0, 0.05) is 56.0 Å². The van der Waals surface area contributed by atoms with Crippen LogP contribution < -0.4 is 10.2 Å². The lowest BCUT2D eigenvalue weighted by Gasteiger charge is -2.19. The van der Waals surface area contributed by atoms with E-state index in [1.807, 2.05) is 26.0 Å². The van der Waals surface area contributed by atoms with E-state index in [1.54, 1.807) is 13.3 Å². The molecule has 4 rings (SSSR count). The molecule has 4 heterocycles. The highest BCUT2D eigenvalue weighted by molar-refractivity contribution is 7.20. The van der Waals surface area contributed by atoms with Crippen molar-refractivity contribution in [3.63, 3.8) is 0 Å². The lowest BCUT2D eigenvalue weighted by Crippen LogP contribution is -2.27. The Labute approximate surface area is 174 Å². The van der Waals surface area contributed by atoms with Crippen LogP contribution in [-0.2, 0) is 4.74 Å². The van der Waals surface area contributed by atoms with Crippen LogP contribution in [0.2, 0.25) is 0 Å². The van der Waals surface area contributed by atoms with Crippen molar-refractivity contribution in [3.05, 3.63) is 46.4 Å². The average molecular weight is 412 g/mol. The summed E-state index contributed by atoms with van der Waals surface area (Å²) in [5.74, 6) is 1.95. The summed E-state index contributed by atoms with van der Waals surface area (Å²) in [6, 6.07) is 6.04.